The summed E-state index contributed by atoms with van der Waals surface area (Å²) in [6, 6.07) is 2.31. The third-order valence-electron chi connectivity index (χ3n) is 4.09. The van der Waals surface area contributed by atoms with Crippen molar-refractivity contribution in [1.29, 1.82) is 0 Å². The fourth-order valence-corrected chi connectivity index (χ4v) is 3.67. The molecular weight excluding hydrogens is 340 g/mol. The van der Waals surface area contributed by atoms with E-state index in [9.17, 15) is 13.6 Å². The average molecular weight is 360 g/mol. The fraction of sp³-hybridized carbons (Fsp3) is 0.562. The van der Waals surface area contributed by atoms with Gasteiger partial charge in [0.2, 0.25) is 5.91 Å². The summed E-state index contributed by atoms with van der Waals surface area (Å²) >= 11 is 3.03. The Bertz CT molecular complexity index is 516. The minimum Gasteiger partial charge on any atom is -0.321 e. The van der Waals surface area contributed by atoms with Gasteiger partial charge >= 0.3 is 0 Å². The summed E-state index contributed by atoms with van der Waals surface area (Å²) in [7, 11) is 0. The Morgan fingerprint density at radius 1 is 1.29 bits per heavy atom. The summed E-state index contributed by atoms with van der Waals surface area (Å²) in [6.07, 6.45) is 4.31. The first-order chi connectivity index (χ1) is 9.84. The summed E-state index contributed by atoms with van der Waals surface area (Å²) in [6.45, 7) is 4.13. The van der Waals surface area contributed by atoms with Crippen LogP contribution in [0.2, 0.25) is 0 Å². The lowest BCUT2D eigenvalue weighted by molar-refractivity contribution is -0.126. The zero-order valence-electron chi connectivity index (χ0n) is 12.3. The van der Waals surface area contributed by atoms with E-state index >= 15 is 0 Å². The smallest absolute Gasteiger partial charge is 0.230 e. The van der Waals surface area contributed by atoms with Crippen LogP contribution in [0, 0.1) is 23.0 Å². The van der Waals surface area contributed by atoms with Crippen molar-refractivity contribution in [3.05, 3.63) is 28.2 Å². The summed E-state index contributed by atoms with van der Waals surface area (Å²) in [5.41, 5.74) is -0.835. The summed E-state index contributed by atoms with van der Waals surface area (Å²) in [4.78, 5) is 12.6. The number of benzene rings is 1. The molecule has 0 aliphatic heterocycles. The van der Waals surface area contributed by atoms with Crippen LogP contribution in [-0.2, 0) is 4.79 Å². The number of rotatable bonds is 4. The molecule has 2 nitrogen and oxygen atoms in total. The van der Waals surface area contributed by atoms with E-state index in [1.165, 1.54) is 0 Å². The van der Waals surface area contributed by atoms with Gasteiger partial charge in [0.15, 0.2) is 11.6 Å². The second kappa shape index (κ2) is 6.42. The molecule has 0 bridgehead atoms. The molecule has 5 heteroatoms. The molecule has 0 saturated heterocycles. The van der Waals surface area contributed by atoms with E-state index in [1.54, 1.807) is 0 Å². The molecule has 0 spiro atoms. The minimum absolute atomic E-state index is 0.256. The van der Waals surface area contributed by atoms with Crippen molar-refractivity contribution in [2.24, 2.45) is 11.3 Å². The van der Waals surface area contributed by atoms with Gasteiger partial charge in [-0.05, 0) is 37.3 Å². The van der Waals surface area contributed by atoms with Crippen LogP contribution in [0.5, 0.6) is 0 Å². The van der Waals surface area contributed by atoms with Crippen LogP contribution in [0.1, 0.15) is 46.0 Å². The standard InChI is InChI=1S/C16H20BrF2NO/c1-10(2)9-16(5-3-4-6-16)15(21)20-14-12(18)7-11(17)8-13(14)19/h7-8,10H,3-6,9H2,1-2H3,(H,20,21). The van der Waals surface area contributed by atoms with Gasteiger partial charge in [0, 0.05) is 9.89 Å². The molecule has 1 aliphatic carbocycles. The highest BCUT2D eigenvalue weighted by Gasteiger charge is 2.41. The van der Waals surface area contributed by atoms with Crippen LogP contribution < -0.4 is 5.32 Å². The molecule has 0 aromatic heterocycles. The molecule has 116 valence electrons. The number of amides is 1. The van der Waals surface area contributed by atoms with Gasteiger partial charge in [0.25, 0.3) is 0 Å². The maximum atomic E-state index is 13.9. The molecule has 21 heavy (non-hydrogen) atoms. The number of halogens is 3. The Labute approximate surface area is 132 Å². The van der Waals surface area contributed by atoms with Crippen molar-refractivity contribution in [2.45, 2.75) is 46.0 Å². The maximum absolute atomic E-state index is 13.9. The number of nitrogens with one attached hydrogen (secondary N) is 1. The Morgan fingerprint density at radius 2 is 1.81 bits per heavy atom. The van der Waals surface area contributed by atoms with E-state index in [-0.39, 0.29) is 11.6 Å². The first-order valence-electron chi connectivity index (χ1n) is 7.30. The number of hydrogen-bond acceptors (Lipinski definition) is 1. The predicted octanol–water partition coefficient (Wildman–Crippen LogP) is 5.27. The topological polar surface area (TPSA) is 29.1 Å². The molecule has 0 unspecified atom stereocenters. The van der Waals surface area contributed by atoms with Gasteiger partial charge < -0.3 is 5.32 Å². The van der Waals surface area contributed by atoms with Gasteiger partial charge in [-0.2, -0.15) is 0 Å². The van der Waals surface area contributed by atoms with Crippen molar-refractivity contribution in [2.75, 3.05) is 5.32 Å². The van der Waals surface area contributed by atoms with E-state index < -0.39 is 17.0 Å². The summed E-state index contributed by atoms with van der Waals surface area (Å²) < 4.78 is 28.0. The first kappa shape index (κ1) is 16.4. The molecule has 2 rings (SSSR count). The maximum Gasteiger partial charge on any atom is 0.230 e. The quantitative estimate of drug-likeness (QED) is 0.779. The minimum atomic E-state index is -0.757. The zero-order valence-corrected chi connectivity index (χ0v) is 13.9. The molecule has 0 heterocycles. The van der Waals surface area contributed by atoms with E-state index in [2.05, 4.69) is 35.1 Å². The lowest BCUT2D eigenvalue weighted by Gasteiger charge is -2.29. The lowest BCUT2D eigenvalue weighted by Crippen LogP contribution is -2.35. The van der Waals surface area contributed by atoms with Crippen LogP contribution in [0.4, 0.5) is 14.5 Å². The van der Waals surface area contributed by atoms with Crippen LogP contribution in [0.25, 0.3) is 0 Å². The van der Waals surface area contributed by atoms with Gasteiger partial charge in [0.05, 0.1) is 0 Å². The highest BCUT2D eigenvalue weighted by Crippen LogP contribution is 2.44. The monoisotopic (exact) mass is 359 g/mol. The van der Waals surface area contributed by atoms with Crippen molar-refractivity contribution < 1.29 is 13.6 Å². The molecular formula is C16H20BrF2NO. The number of carbonyl (C=O) groups excluding carboxylic acids is 1. The van der Waals surface area contributed by atoms with Gasteiger partial charge in [-0.15, -0.1) is 0 Å². The molecule has 1 amide bonds. The van der Waals surface area contributed by atoms with Crippen LogP contribution in [0.15, 0.2) is 16.6 Å². The van der Waals surface area contributed by atoms with Crippen molar-refractivity contribution in [3.8, 4) is 0 Å². The molecule has 0 radical (unpaired) electrons. The van der Waals surface area contributed by atoms with Gasteiger partial charge in [-0.1, -0.05) is 42.6 Å². The second-order valence-corrected chi connectivity index (χ2v) is 7.20. The van der Waals surface area contributed by atoms with Crippen LogP contribution >= 0.6 is 15.9 Å². The van der Waals surface area contributed by atoms with Gasteiger partial charge in [-0.3, -0.25) is 4.79 Å². The Morgan fingerprint density at radius 3 is 2.29 bits per heavy atom. The Hall–Kier alpha value is -0.970. The SMILES string of the molecule is CC(C)CC1(C(=O)Nc2c(F)cc(Br)cc2F)CCCC1. The van der Waals surface area contributed by atoms with Crippen molar-refractivity contribution in [1.82, 2.24) is 0 Å². The Balaban J connectivity index is 2.24. The predicted molar refractivity (Wildman–Crippen MR) is 83.0 cm³/mol. The van der Waals surface area contributed by atoms with E-state index in [4.69, 9.17) is 0 Å². The molecule has 1 aromatic rings. The largest absolute Gasteiger partial charge is 0.321 e. The molecule has 1 aliphatic rings. The number of carbonyl (C=O) groups is 1. The summed E-state index contributed by atoms with van der Waals surface area (Å²) in [5, 5.41) is 2.48. The normalized spacial score (nSPS) is 17.2. The first-order valence-corrected chi connectivity index (χ1v) is 8.09. The van der Waals surface area contributed by atoms with Crippen molar-refractivity contribution in [3.63, 3.8) is 0 Å². The zero-order chi connectivity index (χ0) is 15.6. The molecule has 1 N–H and O–H groups in total. The molecule has 1 saturated carbocycles. The van der Waals surface area contributed by atoms with E-state index in [0.29, 0.717) is 10.4 Å². The van der Waals surface area contributed by atoms with Crippen molar-refractivity contribution >= 4 is 27.5 Å². The fourth-order valence-electron chi connectivity index (χ4n) is 3.26. The number of anilines is 1. The molecule has 0 atom stereocenters. The van der Waals surface area contributed by atoms with Crippen LogP contribution in [-0.4, -0.2) is 5.91 Å². The molecule has 1 aromatic carbocycles. The third-order valence-corrected chi connectivity index (χ3v) is 4.54. The van der Waals surface area contributed by atoms with E-state index in [0.717, 1.165) is 44.2 Å². The molecule has 1 fully saturated rings. The third kappa shape index (κ3) is 3.62. The Kier molecular flexibility index (Phi) is 5.02. The van der Waals surface area contributed by atoms with Gasteiger partial charge in [-0.25, -0.2) is 8.78 Å². The average Bonchev–Trinajstić information content (AvgIpc) is 2.82. The highest BCUT2D eigenvalue weighted by atomic mass is 79.9. The van der Waals surface area contributed by atoms with Crippen LogP contribution in [0.3, 0.4) is 0 Å². The van der Waals surface area contributed by atoms with Gasteiger partial charge in [0.1, 0.15) is 5.69 Å². The highest BCUT2D eigenvalue weighted by molar-refractivity contribution is 9.10. The summed E-state index contributed by atoms with van der Waals surface area (Å²) in [5.74, 6) is -1.40. The lowest BCUT2D eigenvalue weighted by atomic mass is 9.77. The van der Waals surface area contributed by atoms with E-state index in [1.807, 2.05) is 0 Å². The number of hydrogen-bond donors (Lipinski definition) is 1. The second-order valence-electron chi connectivity index (χ2n) is 6.28.